The highest BCUT2D eigenvalue weighted by Crippen LogP contribution is 2.35. The van der Waals surface area contributed by atoms with Crippen molar-refractivity contribution in [3.63, 3.8) is 0 Å². The molecule has 0 aliphatic heterocycles. The second-order valence-electron chi connectivity index (χ2n) is 4.35. The number of carbonyl (C=O) groups is 1. The van der Waals surface area contributed by atoms with Crippen LogP contribution >= 0.6 is 0 Å². The van der Waals surface area contributed by atoms with E-state index in [9.17, 15) is 4.79 Å². The molecule has 0 bridgehead atoms. The van der Waals surface area contributed by atoms with E-state index in [0.29, 0.717) is 5.69 Å². The number of rotatable bonds is 1. The van der Waals surface area contributed by atoms with E-state index in [4.69, 9.17) is 0 Å². The molecule has 0 saturated carbocycles. The van der Waals surface area contributed by atoms with E-state index in [2.05, 4.69) is 30.1 Å². The topological polar surface area (TPSA) is 32.9 Å². The Labute approximate surface area is 94.3 Å². The third-order valence-corrected chi connectivity index (χ3v) is 3.32. The van der Waals surface area contributed by atoms with Crippen molar-refractivity contribution in [3.05, 3.63) is 46.6 Å². The Morgan fingerprint density at radius 3 is 2.88 bits per heavy atom. The number of aromatic amines is 1. The van der Waals surface area contributed by atoms with E-state index >= 15 is 0 Å². The molecule has 2 aromatic rings. The van der Waals surface area contributed by atoms with Crippen molar-refractivity contribution in [3.8, 4) is 11.3 Å². The smallest absolute Gasteiger partial charge is 0.166 e. The molecule has 80 valence electrons. The van der Waals surface area contributed by atoms with Crippen molar-refractivity contribution in [2.45, 2.75) is 19.8 Å². The van der Waals surface area contributed by atoms with Gasteiger partial charge in [-0.1, -0.05) is 18.2 Å². The van der Waals surface area contributed by atoms with Crippen molar-refractivity contribution in [2.75, 3.05) is 0 Å². The minimum atomic E-state index is 0.682. The lowest BCUT2D eigenvalue weighted by molar-refractivity contribution is 0.111. The van der Waals surface area contributed by atoms with E-state index < -0.39 is 0 Å². The SMILES string of the molecule is Cc1cccc2c1-c1[nH]c(C=O)cc1CC2. The fraction of sp³-hybridized carbons (Fsp3) is 0.214. The number of fused-ring (bicyclic) bond motifs is 3. The van der Waals surface area contributed by atoms with Gasteiger partial charge < -0.3 is 4.98 Å². The predicted molar refractivity (Wildman–Crippen MR) is 63.8 cm³/mol. The molecule has 3 rings (SSSR count). The van der Waals surface area contributed by atoms with Gasteiger partial charge in [0.2, 0.25) is 0 Å². The number of benzene rings is 1. The van der Waals surface area contributed by atoms with Gasteiger partial charge in [0.25, 0.3) is 0 Å². The van der Waals surface area contributed by atoms with E-state index in [1.54, 1.807) is 0 Å². The summed E-state index contributed by atoms with van der Waals surface area (Å²) >= 11 is 0. The van der Waals surface area contributed by atoms with Crippen LogP contribution in [0.4, 0.5) is 0 Å². The maximum absolute atomic E-state index is 10.8. The first-order valence-corrected chi connectivity index (χ1v) is 5.55. The minimum absolute atomic E-state index is 0.682. The Balaban J connectivity index is 2.28. The van der Waals surface area contributed by atoms with Crippen LogP contribution in [0.2, 0.25) is 0 Å². The summed E-state index contributed by atoms with van der Waals surface area (Å²) in [6.45, 7) is 2.12. The molecule has 0 saturated heterocycles. The molecule has 2 nitrogen and oxygen atoms in total. The van der Waals surface area contributed by atoms with Crippen LogP contribution in [0.5, 0.6) is 0 Å². The fourth-order valence-corrected chi connectivity index (χ4v) is 2.57. The number of H-pyrrole nitrogens is 1. The number of aldehydes is 1. The molecule has 0 radical (unpaired) electrons. The first-order chi connectivity index (χ1) is 7.79. The van der Waals surface area contributed by atoms with Gasteiger partial charge >= 0.3 is 0 Å². The summed E-state index contributed by atoms with van der Waals surface area (Å²) in [5.41, 5.74) is 7.04. The average Bonchev–Trinajstić information content (AvgIpc) is 2.72. The largest absolute Gasteiger partial charge is 0.352 e. The van der Waals surface area contributed by atoms with Gasteiger partial charge in [0, 0.05) is 11.3 Å². The summed E-state index contributed by atoms with van der Waals surface area (Å²) < 4.78 is 0. The summed E-state index contributed by atoms with van der Waals surface area (Å²) in [5.74, 6) is 0. The van der Waals surface area contributed by atoms with Crippen LogP contribution in [0.3, 0.4) is 0 Å². The van der Waals surface area contributed by atoms with Crippen LogP contribution in [0.15, 0.2) is 24.3 Å². The van der Waals surface area contributed by atoms with E-state index in [1.165, 1.54) is 22.3 Å². The van der Waals surface area contributed by atoms with Crippen LogP contribution in [0, 0.1) is 6.92 Å². The molecule has 1 aliphatic rings. The first kappa shape index (κ1) is 9.40. The molecule has 0 amide bonds. The normalized spacial score (nSPS) is 13.1. The van der Waals surface area contributed by atoms with E-state index in [1.807, 2.05) is 6.07 Å². The molecule has 0 unspecified atom stereocenters. The lowest BCUT2D eigenvalue weighted by Crippen LogP contribution is -2.03. The Morgan fingerprint density at radius 1 is 1.25 bits per heavy atom. The van der Waals surface area contributed by atoms with Crippen LogP contribution < -0.4 is 0 Å². The van der Waals surface area contributed by atoms with Crippen LogP contribution in [-0.2, 0) is 12.8 Å². The monoisotopic (exact) mass is 211 g/mol. The summed E-state index contributed by atoms with van der Waals surface area (Å²) in [6.07, 6.45) is 2.98. The quantitative estimate of drug-likeness (QED) is 0.723. The molecule has 1 aromatic heterocycles. The Morgan fingerprint density at radius 2 is 2.06 bits per heavy atom. The highest BCUT2D eigenvalue weighted by molar-refractivity contribution is 5.80. The third-order valence-electron chi connectivity index (χ3n) is 3.32. The maximum Gasteiger partial charge on any atom is 0.166 e. The molecule has 16 heavy (non-hydrogen) atoms. The molecule has 1 aliphatic carbocycles. The van der Waals surface area contributed by atoms with Crippen LogP contribution in [0.25, 0.3) is 11.3 Å². The Kier molecular flexibility index (Phi) is 1.96. The second kappa shape index (κ2) is 3.34. The zero-order chi connectivity index (χ0) is 11.1. The number of hydrogen-bond acceptors (Lipinski definition) is 1. The molecule has 0 atom stereocenters. The molecule has 2 heteroatoms. The number of nitrogens with one attached hydrogen (secondary N) is 1. The summed E-state index contributed by atoms with van der Waals surface area (Å²) in [5, 5.41) is 0. The molecular weight excluding hydrogens is 198 g/mol. The van der Waals surface area contributed by atoms with Crippen molar-refractivity contribution in [1.82, 2.24) is 4.98 Å². The molecule has 1 N–H and O–H groups in total. The number of aromatic nitrogens is 1. The molecular formula is C14H13NO. The van der Waals surface area contributed by atoms with Gasteiger partial charge in [0.05, 0.1) is 5.69 Å². The molecule has 1 aromatic carbocycles. The minimum Gasteiger partial charge on any atom is -0.352 e. The second-order valence-corrected chi connectivity index (χ2v) is 4.35. The van der Waals surface area contributed by atoms with Crippen molar-refractivity contribution in [1.29, 1.82) is 0 Å². The van der Waals surface area contributed by atoms with Crippen LogP contribution in [0.1, 0.15) is 27.2 Å². The number of carbonyl (C=O) groups excluding carboxylic acids is 1. The van der Waals surface area contributed by atoms with Crippen molar-refractivity contribution >= 4 is 6.29 Å². The van der Waals surface area contributed by atoms with Crippen LogP contribution in [-0.4, -0.2) is 11.3 Å². The van der Waals surface area contributed by atoms with E-state index in [0.717, 1.165) is 24.8 Å². The standard InChI is InChI=1S/C14H13NO/c1-9-3-2-4-10-5-6-11-7-12(8-16)15-14(11)13(9)10/h2-4,7-8,15H,5-6H2,1H3. The van der Waals surface area contributed by atoms with Gasteiger partial charge in [0.15, 0.2) is 6.29 Å². The van der Waals surface area contributed by atoms with Gasteiger partial charge in [-0.2, -0.15) is 0 Å². The van der Waals surface area contributed by atoms with E-state index in [-0.39, 0.29) is 0 Å². The van der Waals surface area contributed by atoms with Gasteiger partial charge in [0.1, 0.15) is 0 Å². The van der Waals surface area contributed by atoms with Gasteiger partial charge in [-0.15, -0.1) is 0 Å². The first-order valence-electron chi connectivity index (χ1n) is 5.55. The third kappa shape index (κ3) is 1.23. The van der Waals surface area contributed by atoms with Gasteiger partial charge in [-0.3, -0.25) is 4.79 Å². The van der Waals surface area contributed by atoms with Gasteiger partial charge in [-0.05, 0) is 42.5 Å². The maximum atomic E-state index is 10.8. The Hall–Kier alpha value is -1.83. The van der Waals surface area contributed by atoms with Crippen molar-refractivity contribution in [2.24, 2.45) is 0 Å². The Bertz CT molecular complexity index is 566. The van der Waals surface area contributed by atoms with Gasteiger partial charge in [-0.25, -0.2) is 0 Å². The fourth-order valence-electron chi connectivity index (χ4n) is 2.57. The summed E-state index contributed by atoms with van der Waals surface area (Å²) in [6, 6.07) is 8.36. The number of aryl methyl sites for hydroxylation is 3. The highest BCUT2D eigenvalue weighted by atomic mass is 16.1. The van der Waals surface area contributed by atoms with Crippen molar-refractivity contribution < 1.29 is 4.79 Å². The molecule has 1 heterocycles. The lowest BCUT2D eigenvalue weighted by atomic mass is 9.88. The zero-order valence-corrected chi connectivity index (χ0v) is 9.21. The number of hydrogen-bond donors (Lipinski definition) is 1. The molecule has 0 fully saturated rings. The highest BCUT2D eigenvalue weighted by Gasteiger charge is 2.19. The lowest BCUT2D eigenvalue weighted by Gasteiger charge is -2.18. The molecule has 0 spiro atoms. The summed E-state index contributed by atoms with van der Waals surface area (Å²) in [4.78, 5) is 14.0. The summed E-state index contributed by atoms with van der Waals surface area (Å²) in [7, 11) is 0. The zero-order valence-electron chi connectivity index (χ0n) is 9.21. The predicted octanol–water partition coefficient (Wildman–Crippen LogP) is 2.90. The average molecular weight is 211 g/mol.